The Bertz CT molecular complexity index is 499. The van der Waals surface area contributed by atoms with Crippen LogP contribution >= 0.6 is 0 Å². The van der Waals surface area contributed by atoms with Gasteiger partial charge in [-0.15, -0.1) is 0 Å². The smallest absolute Gasteiger partial charge is 0.272 e. The van der Waals surface area contributed by atoms with Gasteiger partial charge in [-0.3, -0.25) is 4.79 Å². The largest absolute Gasteiger partial charge is 0.383 e. The summed E-state index contributed by atoms with van der Waals surface area (Å²) in [6.07, 6.45) is 1.61. The van der Waals surface area contributed by atoms with Crippen molar-refractivity contribution in [2.75, 3.05) is 26.8 Å². The minimum Gasteiger partial charge on any atom is -0.383 e. The second kappa shape index (κ2) is 7.80. The standard InChI is InChI=1S/C13H14N4O2/c1-19-8-7-17(6-2-5-14)13(18)12-4-3-11(9-15)10-16-12/h3-4,10H,2,6-8H2,1H3. The topological polar surface area (TPSA) is 90.0 Å². The molecule has 0 fully saturated rings. The van der Waals surface area contributed by atoms with E-state index in [0.29, 0.717) is 25.3 Å². The summed E-state index contributed by atoms with van der Waals surface area (Å²) in [4.78, 5) is 17.6. The predicted octanol–water partition coefficient (Wildman–Crippen LogP) is 0.956. The molecule has 1 aromatic rings. The van der Waals surface area contributed by atoms with Crippen molar-refractivity contribution in [2.45, 2.75) is 6.42 Å². The van der Waals surface area contributed by atoms with E-state index in [-0.39, 0.29) is 18.0 Å². The Morgan fingerprint density at radius 1 is 1.42 bits per heavy atom. The number of hydrogen-bond acceptors (Lipinski definition) is 5. The molecule has 1 rings (SSSR count). The van der Waals surface area contributed by atoms with Crippen molar-refractivity contribution in [1.82, 2.24) is 9.88 Å². The molecule has 0 aliphatic carbocycles. The number of amides is 1. The maximum absolute atomic E-state index is 12.2. The molecule has 0 unspecified atom stereocenters. The lowest BCUT2D eigenvalue weighted by Gasteiger charge is -2.20. The fraction of sp³-hybridized carbons (Fsp3) is 0.385. The molecule has 0 aliphatic rings. The summed E-state index contributed by atoms with van der Waals surface area (Å²) in [6.45, 7) is 1.13. The van der Waals surface area contributed by atoms with Gasteiger partial charge in [0.1, 0.15) is 11.8 Å². The van der Waals surface area contributed by atoms with E-state index in [1.807, 2.05) is 12.1 Å². The molecular weight excluding hydrogens is 244 g/mol. The summed E-state index contributed by atoms with van der Waals surface area (Å²) in [5.74, 6) is -0.267. The first-order valence-electron chi connectivity index (χ1n) is 5.74. The van der Waals surface area contributed by atoms with Crippen molar-refractivity contribution in [3.8, 4) is 12.1 Å². The van der Waals surface area contributed by atoms with Crippen LogP contribution < -0.4 is 0 Å². The van der Waals surface area contributed by atoms with Crippen molar-refractivity contribution in [3.05, 3.63) is 29.6 Å². The second-order valence-corrected chi connectivity index (χ2v) is 3.74. The maximum atomic E-state index is 12.2. The zero-order valence-electron chi connectivity index (χ0n) is 10.7. The van der Waals surface area contributed by atoms with Crippen molar-refractivity contribution in [3.63, 3.8) is 0 Å². The number of carbonyl (C=O) groups excluding carboxylic acids is 1. The van der Waals surface area contributed by atoms with Crippen molar-refractivity contribution in [1.29, 1.82) is 10.5 Å². The Labute approximate surface area is 111 Å². The summed E-state index contributed by atoms with van der Waals surface area (Å²) in [5.41, 5.74) is 0.657. The van der Waals surface area contributed by atoms with Crippen LogP contribution in [-0.2, 0) is 4.74 Å². The monoisotopic (exact) mass is 258 g/mol. The number of carbonyl (C=O) groups is 1. The molecule has 0 saturated carbocycles. The zero-order valence-corrected chi connectivity index (χ0v) is 10.7. The average molecular weight is 258 g/mol. The molecule has 0 spiro atoms. The van der Waals surface area contributed by atoms with Crippen LogP contribution in [0.25, 0.3) is 0 Å². The van der Waals surface area contributed by atoms with E-state index in [1.165, 1.54) is 17.2 Å². The van der Waals surface area contributed by atoms with Crippen molar-refractivity contribution < 1.29 is 9.53 Å². The molecule has 0 atom stereocenters. The summed E-state index contributed by atoms with van der Waals surface area (Å²) in [6, 6.07) is 6.99. The Morgan fingerprint density at radius 3 is 2.74 bits per heavy atom. The molecule has 0 aliphatic heterocycles. The molecule has 0 N–H and O–H groups in total. The second-order valence-electron chi connectivity index (χ2n) is 3.74. The van der Waals surface area contributed by atoms with Crippen LogP contribution in [0.4, 0.5) is 0 Å². The molecule has 1 aromatic heterocycles. The van der Waals surface area contributed by atoms with Crippen LogP contribution in [-0.4, -0.2) is 42.6 Å². The Balaban J connectivity index is 2.79. The average Bonchev–Trinajstić information content (AvgIpc) is 2.47. The van der Waals surface area contributed by atoms with Crippen LogP contribution in [0, 0.1) is 22.7 Å². The highest BCUT2D eigenvalue weighted by Crippen LogP contribution is 2.04. The molecule has 1 amide bonds. The molecule has 6 nitrogen and oxygen atoms in total. The Hall–Kier alpha value is -2.44. The van der Waals surface area contributed by atoms with E-state index in [9.17, 15) is 4.79 Å². The lowest BCUT2D eigenvalue weighted by Crippen LogP contribution is -2.35. The number of nitriles is 2. The quantitative estimate of drug-likeness (QED) is 0.757. The van der Waals surface area contributed by atoms with Crippen LogP contribution in [0.3, 0.4) is 0 Å². The van der Waals surface area contributed by atoms with E-state index in [4.69, 9.17) is 15.3 Å². The Kier molecular flexibility index (Phi) is 6.00. The number of rotatable bonds is 6. The van der Waals surface area contributed by atoms with Gasteiger partial charge in [0.2, 0.25) is 0 Å². The number of nitrogens with zero attached hydrogens (tertiary/aromatic N) is 4. The number of hydrogen-bond donors (Lipinski definition) is 0. The minimum atomic E-state index is -0.267. The molecule has 19 heavy (non-hydrogen) atoms. The van der Waals surface area contributed by atoms with E-state index >= 15 is 0 Å². The lowest BCUT2D eigenvalue weighted by atomic mass is 10.2. The molecule has 98 valence electrons. The summed E-state index contributed by atoms with van der Waals surface area (Å²) in [5, 5.41) is 17.3. The van der Waals surface area contributed by atoms with E-state index in [1.54, 1.807) is 13.2 Å². The normalized spacial score (nSPS) is 9.42. The molecule has 1 heterocycles. The third-order valence-electron chi connectivity index (χ3n) is 2.46. The summed E-state index contributed by atoms with van der Waals surface area (Å²) < 4.78 is 4.93. The first-order valence-corrected chi connectivity index (χ1v) is 5.74. The van der Waals surface area contributed by atoms with Gasteiger partial charge in [0.05, 0.1) is 24.7 Å². The van der Waals surface area contributed by atoms with Gasteiger partial charge in [0.25, 0.3) is 5.91 Å². The van der Waals surface area contributed by atoms with Crippen molar-refractivity contribution in [2.24, 2.45) is 0 Å². The van der Waals surface area contributed by atoms with Gasteiger partial charge in [-0.2, -0.15) is 10.5 Å². The van der Waals surface area contributed by atoms with Gasteiger partial charge in [-0.05, 0) is 12.1 Å². The van der Waals surface area contributed by atoms with Gasteiger partial charge in [-0.25, -0.2) is 4.98 Å². The fourth-order valence-corrected chi connectivity index (χ4v) is 1.45. The molecule has 0 bridgehead atoms. The molecular formula is C13H14N4O2. The highest BCUT2D eigenvalue weighted by molar-refractivity contribution is 5.92. The highest BCUT2D eigenvalue weighted by Gasteiger charge is 2.16. The van der Waals surface area contributed by atoms with Crippen molar-refractivity contribution >= 4 is 5.91 Å². The summed E-state index contributed by atoms with van der Waals surface area (Å²) >= 11 is 0. The summed E-state index contributed by atoms with van der Waals surface area (Å²) in [7, 11) is 1.55. The molecule has 0 saturated heterocycles. The molecule has 0 radical (unpaired) electrons. The lowest BCUT2D eigenvalue weighted by molar-refractivity contribution is 0.0694. The SMILES string of the molecule is COCCN(CCC#N)C(=O)c1ccc(C#N)cn1. The zero-order chi connectivity index (χ0) is 14.1. The van der Waals surface area contributed by atoms with Gasteiger partial charge >= 0.3 is 0 Å². The van der Waals surface area contributed by atoms with Gasteiger partial charge in [0, 0.05) is 26.4 Å². The van der Waals surface area contributed by atoms with E-state index < -0.39 is 0 Å². The maximum Gasteiger partial charge on any atom is 0.272 e. The van der Waals surface area contributed by atoms with E-state index in [2.05, 4.69) is 4.98 Å². The van der Waals surface area contributed by atoms with Gasteiger partial charge < -0.3 is 9.64 Å². The van der Waals surface area contributed by atoms with Crippen LogP contribution in [0.5, 0.6) is 0 Å². The number of aromatic nitrogens is 1. The fourth-order valence-electron chi connectivity index (χ4n) is 1.45. The van der Waals surface area contributed by atoms with Crippen LogP contribution in [0.15, 0.2) is 18.3 Å². The third kappa shape index (κ3) is 4.38. The van der Waals surface area contributed by atoms with E-state index in [0.717, 1.165) is 0 Å². The predicted molar refractivity (Wildman–Crippen MR) is 67.0 cm³/mol. The number of pyridine rings is 1. The minimum absolute atomic E-state index is 0.256. The van der Waals surface area contributed by atoms with Crippen LogP contribution in [0.1, 0.15) is 22.5 Å². The van der Waals surface area contributed by atoms with Gasteiger partial charge in [-0.1, -0.05) is 0 Å². The highest BCUT2D eigenvalue weighted by atomic mass is 16.5. The van der Waals surface area contributed by atoms with Gasteiger partial charge in [0.15, 0.2) is 0 Å². The third-order valence-corrected chi connectivity index (χ3v) is 2.46. The first-order chi connectivity index (χ1) is 9.22. The Morgan fingerprint density at radius 2 is 2.21 bits per heavy atom. The van der Waals surface area contributed by atoms with Crippen LogP contribution in [0.2, 0.25) is 0 Å². The number of ether oxygens (including phenoxy) is 1. The first kappa shape index (κ1) is 14.6. The number of methoxy groups -OCH3 is 1. The molecule has 0 aromatic carbocycles. The molecule has 6 heteroatoms.